The van der Waals surface area contributed by atoms with Gasteiger partial charge in [0.05, 0.1) is 0 Å². The summed E-state index contributed by atoms with van der Waals surface area (Å²) in [7, 11) is 0. The van der Waals surface area contributed by atoms with Gasteiger partial charge in [-0.25, -0.2) is 0 Å². The summed E-state index contributed by atoms with van der Waals surface area (Å²) in [5, 5.41) is 3.50. The van der Waals surface area contributed by atoms with Crippen LogP contribution in [0.5, 0.6) is 0 Å². The minimum Gasteiger partial charge on any atom is -0.329 e. The number of nitrogens with one attached hydrogen (secondary N) is 1. The Balaban J connectivity index is 2.35. The van der Waals surface area contributed by atoms with Crippen molar-refractivity contribution < 1.29 is 0 Å². The van der Waals surface area contributed by atoms with Gasteiger partial charge < -0.3 is 11.1 Å². The first-order valence-corrected chi connectivity index (χ1v) is 5.08. The van der Waals surface area contributed by atoms with E-state index in [1.807, 2.05) is 0 Å². The van der Waals surface area contributed by atoms with Crippen LogP contribution in [0.4, 0.5) is 0 Å². The Hall–Kier alpha value is -0.0800. The van der Waals surface area contributed by atoms with Gasteiger partial charge in [-0.2, -0.15) is 0 Å². The van der Waals surface area contributed by atoms with Crippen LogP contribution in [0.1, 0.15) is 33.6 Å². The zero-order valence-corrected chi connectivity index (χ0v) is 8.56. The molecular formula is C10H22N2. The zero-order chi connectivity index (χ0) is 9.19. The Morgan fingerprint density at radius 2 is 2.08 bits per heavy atom. The molecule has 0 saturated heterocycles. The lowest BCUT2D eigenvalue weighted by Crippen LogP contribution is -2.60. The largest absolute Gasteiger partial charge is 0.329 e. The molecule has 0 heterocycles. The average Bonchev–Trinajstić information content (AvgIpc) is 1.95. The molecule has 72 valence electrons. The summed E-state index contributed by atoms with van der Waals surface area (Å²) in [6.45, 7) is 8.60. The van der Waals surface area contributed by atoms with E-state index >= 15 is 0 Å². The number of likely N-dealkylation sites (N-methyl/N-ethyl adjacent to an activating group) is 1. The second kappa shape index (κ2) is 3.75. The summed E-state index contributed by atoms with van der Waals surface area (Å²) in [4.78, 5) is 0. The second-order valence-electron chi connectivity index (χ2n) is 4.43. The van der Waals surface area contributed by atoms with Gasteiger partial charge in [-0.15, -0.1) is 0 Å². The van der Waals surface area contributed by atoms with Crippen molar-refractivity contribution in [3.8, 4) is 0 Å². The summed E-state index contributed by atoms with van der Waals surface area (Å²) in [6.07, 6.45) is 2.55. The van der Waals surface area contributed by atoms with E-state index in [1.165, 1.54) is 12.8 Å². The van der Waals surface area contributed by atoms with E-state index in [9.17, 15) is 0 Å². The van der Waals surface area contributed by atoms with Gasteiger partial charge in [-0.3, -0.25) is 0 Å². The number of rotatable bonds is 4. The maximum atomic E-state index is 5.75. The highest BCUT2D eigenvalue weighted by Gasteiger charge is 2.43. The minimum absolute atomic E-state index is 0.295. The third kappa shape index (κ3) is 1.80. The fourth-order valence-corrected chi connectivity index (χ4v) is 2.17. The molecule has 1 rings (SSSR count). The highest BCUT2D eigenvalue weighted by molar-refractivity contribution is 5.02. The lowest BCUT2D eigenvalue weighted by molar-refractivity contribution is 0.0787. The highest BCUT2D eigenvalue weighted by Crippen LogP contribution is 2.41. The summed E-state index contributed by atoms with van der Waals surface area (Å²) in [5.74, 6) is 1.72. The molecule has 0 unspecified atom stereocenters. The Labute approximate surface area is 75.9 Å². The first kappa shape index (κ1) is 10.0. The summed E-state index contributed by atoms with van der Waals surface area (Å²) < 4.78 is 0. The first-order valence-electron chi connectivity index (χ1n) is 5.08. The van der Waals surface area contributed by atoms with Crippen LogP contribution in [0.2, 0.25) is 0 Å². The van der Waals surface area contributed by atoms with Gasteiger partial charge in [0, 0.05) is 12.1 Å². The van der Waals surface area contributed by atoms with Gasteiger partial charge in [0.1, 0.15) is 0 Å². The predicted molar refractivity (Wildman–Crippen MR) is 53.0 cm³/mol. The Bertz CT molecular complexity index is 137. The van der Waals surface area contributed by atoms with Crippen molar-refractivity contribution in [1.29, 1.82) is 0 Å². The minimum atomic E-state index is 0.295. The van der Waals surface area contributed by atoms with Crippen LogP contribution in [-0.2, 0) is 0 Å². The van der Waals surface area contributed by atoms with E-state index in [-0.39, 0.29) is 0 Å². The SMILES string of the molecule is CCNC1(CN)CC(C(C)C)C1. The zero-order valence-electron chi connectivity index (χ0n) is 8.56. The van der Waals surface area contributed by atoms with Crippen LogP contribution < -0.4 is 11.1 Å². The van der Waals surface area contributed by atoms with Gasteiger partial charge in [0.2, 0.25) is 0 Å². The molecule has 0 amide bonds. The van der Waals surface area contributed by atoms with Crippen molar-refractivity contribution in [2.45, 2.75) is 39.2 Å². The summed E-state index contributed by atoms with van der Waals surface area (Å²) in [6, 6.07) is 0. The van der Waals surface area contributed by atoms with Crippen molar-refractivity contribution in [2.75, 3.05) is 13.1 Å². The van der Waals surface area contributed by atoms with Crippen LogP contribution in [0.15, 0.2) is 0 Å². The van der Waals surface area contributed by atoms with Crippen LogP contribution in [0.25, 0.3) is 0 Å². The van der Waals surface area contributed by atoms with E-state index in [1.54, 1.807) is 0 Å². The Morgan fingerprint density at radius 1 is 1.50 bits per heavy atom. The smallest absolute Gasteiger partial charge is 0.0309 e. The van der Waals surface area contributed by atoms with Gasteiger partial charge in [0.15, 0.2) is 0 Å². The summed E-state index contributed by atoms with van der Waals surface area (Å²) in [5.41, 5.74) is 6.05. The summed E-state index contributed by atoms with van der Waals surface area (Å²) >= 11 is 0. The van der Waals surface area contributed by atoms with Crippen molar-refractivity contribution in [1.82, 2.24) is 5.32 Å². The van der Waals surface area contributed by atoms with E-state index in [0.29, 0.717) is 5.54 Å². The number of nitrogens with two attached hydrogens (primary N) is 1. The molecule has 0 bridgehead atoms. The predicted octanol–water partition coefficient (Wildman–Crippen LogP) is 1.36. The van der Waals surface area contributed by atoms with Gasteiger partial charge in [-0.1, -0.05) is 20.8 Å². The van der Waals surface area contributed by atoms with Crippen molar-refractivity contribution in [3.05, 3.63) is 0 Å². The van der Waals surface area contributed by atoms with Crippen molar-refractivity contribution in [3.63, 3.8) is 0 Å². The lowest BCUT2D eigenvalue weighted by Gasteiger charge is -2.49. The Morgan fingerprint density at radius 3 is 2.42 bits per heavy atom. The fraction of sp³-hybridized carbons (Fsp3) is 1.00. The molecular weight excluding hydrogens is 148 g/mol. The number of hydrogen-bond donors (Lipinski definition) is 2. The maximum absolute atomic E-state index is 5.75. The van der Waals surface area contributed by atoms with E-state index in [0.717, 1.165) is 24.9 Å². The molecule has 0 aliphatic heterocycles. The molecule has 0 aromatic heterocycles. The molecule has 0 atom stereocenters. The van der Waals surface area contributed by atoms with Gasteiger partial charge >= 0.3 is 0 Å². The maximum Gasteiger partial charge on any atom is 0.0309 e. The molecule has 1 saturated carbocycles. The topological polar surface area (TPSA) is 38.0 Å². The third-order valence-corrected chi connectivity index (χ3v) is 3.19. The molecule has 12 heavy (non-hydrogen) atoms. The van der Waals surface area contributed by atoms with Crippen molar-refractivity contribution >= 4 is 0 Å². The molecule has 2 nitrogen and oxygen atoms in total. The van der Waals surface area contributed by atoms with E-state index in [4.69, 9.17) is 5.73 Å². The second-order valence-corrected chi connectivity index (χ2v) is 4.43. The fourth-order valence-electron chi connectivity index (χ4n) is 2.17. The molecule has 0 aromatic rings. The molecule has 3 N–H and O–H groups in total. The van der Waals surface area contributed by atoms with Crippen LogP contribution in [-0.4, -0.2) is 18.6 Å². The quantitative estimate of drug-likeness (QED) is 0.668. The molecule has 1 aliphatic rings. The average molecular weight is 170 g/mol. The van der Waals surface area contributed by atoms with Gasteiger partial charge in [-0.05, 0) is 31.2 Å². The highest BCUT2D eigenvalue weighted by atomic mass is 15.0. The third-order valence-electron chi connectivity index (χ3n) is 3.19. The molecule has 0 radical (unpaired) electrons. The van der Waals surface area contributed by atoms with Crippen LogP contribution in [0.3, 0.4) is 0 Å². The molecule has 2 heteroatoms. The number of hydrogen-bond acceptors (Lipinski definition) is 2. The van der Waals surface area contributed by atoms with E-state index in [2.05, 4.69) is 26.1 Å². The Kier molecular flexibility index (Phi) is 3.13. The standard InChI is InChI=1S/C10H22N2/c1-4-12-10(7-11)5-9(6-10)8(2)3/h8-9,12H,4-7,11H2,1-3H3. The lowest BCUT2D eigenvalue weighted by atomic mass is 9.64. The van der Waals surface area contributed by atoms with Crippen LogP contribution >= 0.6 is 0 Å². The first-order chi connectivity index (χ1) is 5.63. The molecule has 1 fully saturated rings. The van der Waals surface area contributed by atoms with Gasteiger partial charge in [0.25, 0.3) is 0 Å². The molecule has 0 aromatic carbocycles. The van der Waals surface area contributed by atoms with E-state index < -0.39 is 0 Å². The molecule has 1 aliphatic carbocycles. The van der Waals surface area contributed by atoms with Crippen LogP contribution in [0, 0.1) is 11.8 Å². The monoisotopic (exact) mass is 170 g/mol. The molecule has 0 spiro atoms. The normalized spacial score (nSPS) is 35.2. The van der Waals surface area contributed by atoms with Crippen molar-refractivity contribution in [2.24, 2.45) is 17.6 Å².